The van der Waals surface area contributed by atoms with Gasteiger partial charge in [0.25, 0.3) is 0 Å². The molecule has 1 saturated heterocycles. The fraction of sp³-hybridized carbons (Fsp3) is 0.500. The van der Waals surface area contributed by atoms with Gasteiger partial charge in [-0.1, -0.05) is 17.3 Å². The lowest BCUT2D eigenvalue weighted by molar-refractivity contribution is -0.116. The van der Waals surface area contributed by atoms with E-state index in [-0.39, 0.29) is 11.6 Å². The number of aromatic nitrogens is 2. The molecule has 0 spiro atoms. The molecule has 1 fully saturated rings. The van der Waals surface area contributed by atoms with Crippen molar-refractivity contribution >= 4 is 11.6 Å². The first-order valence-electron chi connectivity index (χ1n) is 8.66. The number of halogens is 1. The second kappa shape index (κ2) is 8.20. The Labute approximate surface area is 146 Å². The summed E-state index contributed by atoms with van der Waals surface area (Å²) in [6, 6.07) is 6.21. The number of benzene rings is 1. The highest BCUT2D eigenvalue weighted by Gasteiger charge is 2.22. The zero-order valence-corrected chi connectivity index (χ0v) is 14.4. The zero-order chi connectivity index (χ0) is 17.6. The van der Waals surface area contributed by atoms with Gasteiger partial charge in [-0.2, -0.15) is 4.98 Å². The molecule has 2 heterocycles. The summed E-state index contributed by atoms with van der Waals surface area (Å²) < 4.78 is 18.6. The highest BCUT2D eigenvalue weighted by Crippen LogP contribution is 2.20. The van der Waals surface area contributed by atoms with Gasteiger partial charge in [-0.05, 0) is 37.4 Å². The summed E-state index contributed by atoms with van der Waals surface area (Å²) in [4.78, 5) is 18.6. The molecule has 0 radical (unpaired) electrons. The van der Waals surface area contributed by atoms with Crippen LogP contribution in [-0.2, 0) is 11.2 Å². The Morgan fingerprint density at radius 1 is 1.44 bits per heavy atom. The lowest BCUT2D eigenvalue weighted by Crippen LogP contribution is -2.38. The Morgan fingerprint density at radius 3 is 3.04 bits per heavy atom. The third kappa shape index (κ3) is 5.09. The number of nitrogens with zero attached hydrogens (tertiary/aromatic N) is 3. The maximum atomic E-state index is 13.6. The van der Waals surface area contributed by atoms with Gasteiger partial charge in [0, 0.05) is 32.9 Å². The Morgan fingerprint density at radius 2 is 2.28 bits per heavy atom. The van der Waals surface area contributed by atoms with E-state index in [1.807, 2.05) is 0 Å². The number of amides is 1. The van der Waals surface area contributed by atoms with Crippen molar-refractivity contribution in [3.63, 3.8) is 0 Å². The Balaban J connectivity index is 1.44. The number of piperidine rings is 1. The topological polar surface area (TPSA) is 71.3 Å². The molecule has 7 heteroatoms. The number of nitrogens with one attached hydrogen (secondary N) is 1. The predicted octanol–water partition coefficient (Wildman–Crippen LogP) is 2.80. The van der Waals surface area contributed by atoms with Crippen LogP contribution in [0, 0.1) is 18.7 Å². The average molecular weight is 346 g/mol. The van der Waals surface area contributed by atoms with Crippen LogP contribution in [0.4, 0.5) is 10.1 Å². The molecule has 1 aliphatic heterocycles. The summed E-state index contributed by atoms with van der Waals surface area (Å²) >= 11 is 0. The molecule has 25 heavy (non-hydrogen) atoms. The number of carbonyl (C=O) groups is 1. The number of likely N-dealkylation sites (tertiary alicyclic amines) is 1. The summed E-state index contributed by atoms with van der Waals surface area (Å²) in [7, 11) is 0. The molecular weight excluding hydrogens is 323 g/mol. The van der Waals surface area contributed by atoms with Crippen LogP contribution < -0.4 is 5.32 Å². The van der Waals surface area contributed by atoms with Gasteiger partial charge in [-0.25, -0.2) is 4.39 Å². The van der Waals surface area contributed by atoms with E-state index in [1.54, 1.807) is 25.1 Å². The highest BCUT2D eigenvalue weighted by molar-refractivity contribution is 5.90. The van der Waals surface area contributed by atoms with Gasteiger partial charge in [-0.15, -0.1) is 0 Å². The van der Waals surface area contributed by atoms with Crippen molar-refractivity contribution in [3.05, 3.63) is 41.8 Å². The molecule has 2 aromatic rings. The van der Waals surface area contributed by atoms with Crippen LogP contribution in [0.1, 0.15) is 31.0 Å². The van der Waals surface area contributed by atoms with E-state index in [1.165, 1.54) is 6.07 Å². The third-order valence-electron chi connectivity index (χ3n) is 4.45. The van der Waals surface area contributed by atoms with Crippen molar-refractivity contribution in [1.29, 1.82) is 0 Å². The molecule has 1 aliphatic rings. The van der Waals surface area contributed by atoms with Crippen LogP contribution in [0.25, 0.3) is 0 Å². The van der Waals surface area contributed by atoms with Crippen molar-refractivity contribution in [3.8, 4) is 0 Å². The van der Waals surface area contributed by atoms with Crippen LogP contribution in [-0.4, -0.2) is 40.6 Å². The van der Waals surface area contributed by atoms with Gasteiger partial charge in [0.15, 0.2) is 5.82 Å². The van der Waals surface area contributed by atoms with E-state index in [0.717, 1.165) is 38.2 Å². The molecule has 0 saturated carbocycles. The minimum Gasteiger partial charge on any atom is -0.340 e. The van der Waals surface area contributed by atoms with E-state index < -0.39 is 5.82 Å². The molecule has 1 aromatic heterocycles. The number of para-hydroxylation sites is 1. The normalized spacial score (nSPS) is 18.2. The number of hydrogen-bond acceptors (Lipinski definition) is 5. The van der Waals surface area contributed by atoms with E-state index in [4.69, 9.17) is 4.52 Å². The molecule has 0 unspecified atom stereocenters. The van der Waals surface area contributed by atoms with E-state index in [2.05, 4.69) is 20.4 Å². The Hall–Kier alpha value is -2.28. The van der Waals surface area contributed by atoms with Crippen LogP contribution in [0.3, 0.4) is 0 Å². The zero-order valence-electron chi connectivity index (χ0n) is 14.4. The first-order chi connectivity index (χ1) is 12.1. The molecule has 1 aromatic carbocycles. The summed E-state index contributed by atoms with van der Waals surface area (Å²) in [5, 5.41) is 6.59. The fourth-order valence-electron chi connectivity index (χ4n) is 3.24. The summed E-state index contributed by atoms with van der Waals surface area (Å²) in [5.41, 5.74) is 0.233. The molecule has 6 nitrogen and oxygen atoms in total. The first-order valence-corrected chi connectivity index (χ1v) is 8.66. The first kappa shape index (κ1) is 17.5. The number of aryl methyl sites for hydroxylation is 1. The maximum Gasteiger partial charge on any atom is 0.225 e. The van der Waals surface area contributed by atoms with E-state index in [9.17, 15) is 9.18 Å². The minimum absolute atomic E-state index is 0.166. The number of carbonyl (C=O) groups excluding carboxylic acids is 1. The van der Waals surface area contributed by atoms with Crippen LogP contribution >= 0.6 is 0 Å². The number of anilines is 1. The monoisotopic (exact) mass is 346 g/mol. The minimum atomic E-state index is -0.413. The van der Waals surface area contributed by atoms with Crippen molar-refractivity contribution in [2.75, 3.05) is 25.0 Å². The van der Waals surface area contributed by atoms with E-state index >= 15 is 0 Å². The molecule has 1 amide bonds. The fourth-order valence-corrected chi connectivity index (χ4v) is 3.24. The quantitative estimate of drug-likeness (QED) is 0.871. The van der Waals surface area contributed by atoms with Gasteiger partial charge < -0.3 is 14.7 Å². The molecular formula is C18H23FN4O2. The van der Waals surface area contributed by atoms with Gasteiger partial charge in [-0.3, -0.25) is 4.79 Å². The second-order valence-corrected chi connectivity index (χ2v) is 6.52. The summed E-state index contributed by atoms with van der Waals surface area (Å²) in [6.07, 6.45) is 3.37. The second-order valence-electron chi connectivity index (χ2n) is 6.52. The molecule has 1 N–H and O–H groups in total. The standard InChI is InChI=1S/C18H23FN4O2/c1-13-20-17(22-25-13)11-14-5-4-9-23(12-14)10-8-18(24)21-16-7-3-2-6-15(16)19/h2-3,6-7,14H,4-5,8-12H2,1H3,(H,21,24)/t14-/m1/s1. The van der Waals surface area contributed by atoms with Gasteiger partial charge in [0.1, 0.15) is 5.82 Å². The van der Waals surface area contributed by atoms with Crippen LogP contribution in [0.2, 0.25) is 0 Å². The van der Waals surface area contributed by atoms with Crippen molar-refractivity contribution in [2.24, 2.45) is 5.92 Å². The number of rotatable bonds is 6. The molecule has 0 bridgehead atoms. The Bertz CT molecular complexity index is 719. The molecule has 134 valence electrons. The van der Waals surface area contributed by atoms with Crippen molar-refractivity contribution in [2.45, 2.75) is 32.6 Å². The lowest BCUT2D eigenvalue weighted by Gasteiger charge is -2.32. The maximum absolute atomic E-state index is 13.6. The van der Waals surface area contributed by atoms with E-state index in [0.29, 0.717) is 24.8 Å². The molecule has 3 rings (SSSR count). The van der Waals surface area contributed by atoms with Gasteiger partial charge >= 0.3 is 0 Å². The SMILES string of the molecule is Cc1nc(C[C@H]2CCCN(CCC(=O)Nc3ccccc3F)C2)no1. The smallest absolute Gasteiger partial charge is 0.225 e. The molecule has 0 aliphatic carbocycles. The largest absolute Gasteiger partial charge is 0.340 e. The van der Waals surface area contributed by atoms with Crippen LogP contribution in [0.5, 0.6) is 0 Å². The van der Waals surface area contributed by atoms with Gasteiger partial charge in [0.2, 0.25) is 11.8 Å². The highest BCUT2D eigenvalue weighted by atomic mass is 19.1. The van der Waals surface area contributed by atoms with Crippen molar-refractivity contribution in [1.82, 2.24) is 15.0 Å². The van der Waals surface area contributed by atoms with Gasteiger partial charge in [0.05, 0.1) is 5.69 Å². The summed E-state index contributed by atoms with van der Waals surface area (Å²) in [5.74, 6) is 1.24. The molecule has 1 atom stereocenters. The lowest BCUT2D eigenvalue weighted by atomic mass is 9.94. The third-order valence-corrected chi connectivity index (χ3v) is 4.45. The average Bonchev–Trinajstić information content (AvgIpc) is 3.00. The predicted molar refractivity (Wildman–Crippen MR) is 91.5 cm³/mol. The number of hydrogen-bond donors (Lipinski definition) is 1. The van der Waals surface area contributed by atoms with Crippen LogP contribution in [0.15, 0.2) is 28.8 Å². The Kier molecular flexibility index (Phi) is 5.75. The summed E-state index contributed by atoms with van der Waals surface area (Å²) in [6.45, 7) is 4.36. The van der Waals surface area contributed by atoms with Crippen molar-refractivity contribution < 1.29 is 13.7 Å².